The van der Waals surface area contributed by atoms with Crippen molar-refractivity contribution in [3.8, 4) is 5.40 Å². The molecule has 0 radical (unpaired) electrons. The van der Waals surface area contributed by atoms with E-state index in [0.717, 1.165) is 27.1 Å². The lowest BCUT2D eigenvalue weighted by Gasteiger charge is -2.09. The van der Waals surface area contributed by atoms with E-state index in [9.17, 15) is 9.59 Å². The maximum Gasteiger partial charge on any atom is 0.307 e. The number of thioether (sulfide) groups is 2. The maximum absolute atomic E-state index is 11.9. The molecule has 0 saturated heterocycles. The fraction of sp³-hybridized carbons (Fsp3) is 0.211. The zero-order valence-corrected chi connectivity index (χ0v) is 15.9. The highest BCUT2D eigenvalue weighted by Crippen LogP contribution is 2.23. The summed E-state index contributed by atoms with van der Waals surface area (Å²) in [6.07, 6.45) is 0.242. The standard InChI is InChI=1S/C19H18N2O3S2/c1-14-11-16(26-13-20)7-8-17(14)21-18(22)12-24-19(23)9-10-25-15-5-3-2-4-6-15/h2-8,11H,9-10,12H2,1H3,(H,21,22). The largest absolute Gasteiger partial charge is 0.456 e. The van der Waals surface area contributed by atoms with E-state index in [1.54, 1.807) is 23.9 Å². The van der Waals surface area contributed by atoms with Gasteiger partial charge in [-0.3, -0.25) is 9.59 Å². The first-order valence-corrected chi connectivity index (χ1v) is 9.68. The highest BCUT2D eigenvalue weighted by molar-refractivity contribution is 8.03. The molecule has 0 aromatic heterocycles. The van der Waals surface area contributed by atoms with E-state index in [0.29, 0.717) is 11.4 Å². The van der Waals surface area contributed by atoms with Gasteiger partial charge in [0.25, 0.3) is 5.91 Å². The average molecular weight is 386 g/mol. The smallest absolute Gasteiger partial charge is 0.307 e. The Bertz CT molecular complexity index is 804. The van der Waals surface area contributed by atoms with Gasteiger partial charge in [-0.1, -0.05) is 18.2 Å². The SMILES string of the molecule is Cc1cc(SC#N)ccc1NC(=O)COC(=O)CCSc1ccccc1. The van der Waals surface area contributed by atoms with Gasteiger partial charge in [-0.05, 0) is 54.6 Å². The predicted molar refractivity (Wildman–Crippen MR) is 104 cm³/mol. The molecule has 2 rings (SSSR count). The number of carbonyl (C=O) groups is 2. The van der Waals surface area contributed by atoms with Gasteiger partial charge in [0.05, 0.1) is 6.42 Å². The summed E-state index contributed by atoms with van der Waals surface area (Å²) in [7, 11) is 0. The minimum atomic E-state index is -0.402. The molecular formula is C19H18N2O3S2. The number of anilines is 1. The van der Waals surface area contributed by atoms with Crippen molar-refractivity contribution in [2.24, 2.45) is 0 Å². The maximum atomic E-state index is 11.9. The minimum Gasteiger partial charge on any atom is -0.456 e. The van der Waals surface area contributed by atoms with Gasteiger partial charge in [0.1, 0.15) is 5.40 Å². The molecule has 0 aliphatic rings. The van der Waals surface area contributed by atoms with Crippen LogP contribution in [0.1, 0.15) is 12.0 Å². The van der Waals surface area contributed by atoms with Gasteiger partial charge < -0.3 is 10.1 Å². The van der Waals surface area contributed by atoms with Gasteiger partial charge in [0.15, 0.2) is 6.61 Å². The molecule has 7 heteroatoms. The van der Waals surface area contributed by atoms with E-state index in [1.165, 1.54) is 0 Å². The van der Waals surface area contributed by atoms with Crippen LogP contribution in [0.2, 0.25) is 0 Å². The number of rotatable bonds is 8. The topological polar surface area (TPSA) is 79.2 Å². The van der Waals surface area contributed by atoms with E-state index >= 15 is 0 Å². The zero-order chi connectivity index (χ0) is 18.8. The quantitative estimate of drug-likeness (QED) is 0.415. The van der Waals surface area contributed by atoms with Crippen LogP contribution in [0.25, 0.3) is 0 Å². The number of nitrogens with zero attached hydrogens (tertiary/aromatic N) is 1. The van der Waals surface area contributed by atoms with Crippen molar-refractivity contribution < 1.29 is 14.3 Å². The van der Waals surface area contributed by atoms with Crippen molar-refractivity contribution in [3.05, 3.63) is 54.1 Å². The molecule has 0 aliphatic carbocycles. The lowest BCUT2D eigenvalue weighted by atomic mass is 10.2. The Balaban J connectivity index is 1.71. The van der Waals surface area contributed by atoms with Crippen LogP contribution in [0.3, 0.4) is 0 Å². The Hall–Kier alpha value is -2.43. The summed E-state index contributed by atoms with van der Waals surface area (Å²) < 4.78 is 5.00. The summed E-state index contributed by atoms with van der Waals surface area (Å²) in [6.45, 7) is 1.52. The summed E-state index contributed by atoms with van der Waals surface area (Å²) in [5.74, 6) is -0.194. The summed E-state index contributed by atoms with van der Waals surface area (Å²) in [5, 5.41) is 13.4. The average Bonchev–Trinajstić information content (AvgIpc) is 2.63. The van der Waals surface area contributed by atoms with E-state index < -0.39 is 11.9 Å². The molecule has 5 nitrogen and oxygen atoms in total. The second kappa shape index (κ2) is 10.5. The van der Waals surface area contributed by atoms with E-state index in [2.05, 4.69) is 5.32 Å². The third-order valence-electron chi connectivity index (χ3n) is 3.32. The number of hydrogen-bond donors (Lipinski definition) is 1. The van der Waals surface area contributed by atoms with Crippen LogP contribution in [0.4, 0.5) is 5.69 Å². The first-order valence-electron chi connectivity index (χ1n) is 7.88. The molecule has 2 aromatic rings. The van der Waals surface area contributed by atoms with Crippen LogP contribution in [-0.4, -0.2) is 24.2 Å². The van der Waals surface area contributed by atoms with Crippen molar-refractivity contribution in [1.82, 2.24) is 0 Å². The fourth-order valence-electron chi connectivity index (χ4n) is 2.07. The fourth-order valence-corrected chi connectivity index (χ4v) is 3.40. The van der Waals surface area contributed by atoms with E-state index in [-0.39, 0.29) is 13.0 Å². The Morgan fingerprint density at radius 2 is 1.92 bits per heavy atom. The number of esters is 1. The molecular weight excluding hydrogens is 368 g/mol. The second-order valence-electron chi connectivity index (χ2n) is 5.29. The zero-order valence-electron chi connectivity index (χ0n) is 14.2. The van der Waals surface area contributed by atoms with Crippen molar-refractivity contribution in [1.29, 1.82) is 5.26 Å². The van der Waals surface area contributed by atoms with Crippen molar-refractivity contribution >= 4 is 41.1 Å². The highest BCUT2D eigenvalue weighted by atomic mass is 32.2. The van der Waals surface area contributed by atoms with Crippen LogP contribution < -0.4 is 5.32 Å². The number of hydrogen-bond acceptors (Lipinski definition) is 6. The molecule has 0 saturated carbocycles. The molecule has 0 unspecified atom stereocenters. The molecule has 1 amide bonds. The second-order valence-corrected chi connectivity index (χ2v) is 7.32. The lowest BCUT2D eigenvalue weighted by molar-refractivity contribution is -0.146. The number of nitrogens with one attached hydrogen (secondary N) is 1. The Morgan fingerprint density at radius 1 is 1.15 bits per heavy atom. The molecule has 2 aromatic carbocycles. The van der Waals surface area contributed by atoms with Crippen LogP contribution in [0.5, 0.6) is 0 Å². The van der Waals surface area contributed by atoms with Gasteiger partial charge >= 0.3 is 5.97 Å². The number of thiocyanates is 1. The number of benzene rings is 2. The van der Waals surface area contributed by atoms with Crippen LogP contribution >= 0.6 is 23.5 Å². The number of carbonyl (C=O) groups excluding carboxylic acids is 2. The number of aryl methyl sites for hydroxylation is 1. The van der Waals surface area contributed by atoms with Crippen LogP contribution in [0, 0.1) is 17.6 Å². The summed E-state index contributed by atoms with van der Waals surface area (Å²) in [5.41, 5.74) is 1.47. The van der Waals surface area contributed by atoms with Crippen molar-refractivity contribution in [2.75, 3.05) is 17.7 Å². The summed E-state index contributed by atoms with van der Waals surface area (Å²) in [4.78, 5) is 25.5. The normalized spacial score (nSPS) is 10.0. The van der Waals surface area contributed by atoms with Crippen LogP contribution in [0.15, 0.2) is 58.3 Å². The molecule has 0 heterocycles. The van der Waals surface area contributed by atoms with Gasteiger partial charge in [-0.15, -0.1) is 11.8 Å². The van der Waals surface area contributed by atoms with Gasteiger partial charge in [-0.2, -0.15) is 5.26 Å². The summed E-state index contributed by atoms with van der Waals surface area (Å²) >= 11 is 2.63. The molecule has 134 valence electrons. The van der Waals surface area contributed by atoms with Gasteiger partial charge in [0.2, 0.25) is 0 Å². The Morgan fingerprint density at radius 3 is 2.62 bits per heavy atom. The number of ether oxygens (including phenoxy) is 1. The predicted octanol–water partition coefficient (Wildman–Crippen LogP) is 4.23. The van der Waals surface area contributed by atoms with Gasteiger partial charge in [0, 0.05) is 21.2 Å². The number of amides is 1. The van der Waals surface area contributed by atoms with Crippen molar-refractivity contribution in [2.45, 2.75) is 23.1 Å². The molecule has 0 aliphatic heterocycles. The van der Waals surface area contributed by atoms with Gasteiger partial charge in [-0.25, -0.2) is 0 Å². The molecule has 0 fully saturated rings. The van der Waals surface area contributed by atoms with Crippen LogP contribution in [-0.2, 0) is 14.3 Å². The molecule has 0 spiro atoms. The lowest BCUT2D eigenvalue weighted by Crippen LogP contribution is -2.21. The van der Waals surface area contributed by atoms with E-state index in [4.69, 9.17) is 10.00 Å². The van der Waals surface area contributed by atoms with E-state index in [1.807, 2.05) is 48.7 Å². The monoisotopic (exact) mass is 386 g/mol. The molecule has 0 bridgehead atoms. The molecule has 0 atom stereocenters. The Kier molecular flexibility index (Phi) is 8.06. The highest BCUT2D eigenvalue weighted by Gasteiger charge is 2.10. The third kappa shape index (κ3) is 6.82. The molecule has 1 N–H and O–H groups in total. The van der Waals surface area contributed by atoms with Crippen molar-refractivity contribution in [3.63, 3.8) is 0 Å². The minimum absolute atomic E-state index is 0.242. The Labute approximate surface area is 161 Å². The third-order valence-corrected chi connectivity index (χ3v) is 4.91. The first kappa shape index (κ1) is 19.9. The summed E-state index contributed by atoms with van der Waals surface area (Å²) in [6, 6.07) is 15.1. The first-order chi connectivity index (χ1) is 12.6. The molecule has 26 heavy (non-hydrogen) atoms. The number of nitriles is 1.